The van der Waals surface area contributed by atoms with Crippen LogP contribution in [-0.2, 0) is 17.6 Å². The maximum atomic E-state index is 10.6. The van der Waals surface area contributed by atoms with E-state index in [9.17, 15) is 4.79 Å². The van der Waals surface area contributed by atoms with Crippen LogP contribution in [0, 0.1) is 0 Å². The van der Waals surface area contributed by atoms with Gasteiger partial charge >= 0.3 is 0 Å². The zero-order chi connectivity index (χ0) is 15.0. The molecule has 0 atom stereocenters. The lowest BCUT2D eigenvalue weighted by Crippen LogP contribution is -2.25. The Balaban J connectivity index is 3.31. The molecule has 1 rings (SSSR count). The summed E-state index contributed by atoms with van der Waals surface area (Å²) in [5, 5.41) is 3.18. The minimum Gasteiger partial charge on any atom is -0.334 e. The topological polar surface area (TPSA) is 41.5 Å². The lowest BCUT2D eigenvalue weighted by Gasteiger charge is -2.16. The standard InChI is InChI=1S/C16H21BrN2O/c1-4-12-8-7-9-13(5-2)15(12)16(18-6-3)19-14(17)10-11-20/h7-11H,4-6H2,1-3H3,(H,18,19)/b14-10+. The summed E-state index contributed by atoms with van der Waals surface area (Å²) in [5.41, 5.74) is 3.67. The van der Waals surface area contributed by atoms with Gasteiger partial charge in [-0.15, -0.1) is 0 Å². The van der Waals surface area contributed by atoms with Crippen LogP contribution in [-0.4, -0.2) is 18.7 Å². The molecule has 0 saturated heterocycles. The number of nitrogens with one attached hydrogen (secondary N) is 1. The Morgan fingerprint density at radius 1 is 1.25 bits per heavy atom. The zero-order valence-electron chi connectivity index (χ0n) is 12.2. The van der Waals surface area contributed by atoms with E-state index in [1.54, 1.807) is 0 Å². The third-order valence-electron chi connectivity index (χ3n) is 3.00. The van der Waals surface area contributed by atoms with Crippen molar-refractivity contribution in [3.8, 4) is 0 Å². The van der Waals surface area contributed by atoms with E-state index in [2.05, 4.69) is 58.3 Å². The highest BCUT2D eigenvalue weighted by atomic mass is 79.9. The number of hydrogen-bond acceptors (Lipinski definition) is 2. The maximum absolute atomic E-state index is 10.6. The van der Waals surface area contributed by atoms with Crippen LogP contribution in [0.1, 0.15) is 37.5 Å². The van der Waals surface area contributed by atoms with Crippen LogP contribution in [0.15, 0.2) is 33.9 Å². The Labute approximate surface area is 129 Å². The van der Waals surface area contributed by atoms with Crippen molar-refractivity contribution in [2.45, 2.75) is 33.6 Å². The monoisotopic (exact) mass is 336 g/mol. The molecule has 0 heterocycles. The highest BCUT2D eigenvalue weighted by Gasteiger charge is 2.13. The van der Waals surface area contributed by atoms with Crippen LogP contribution in [0.2, 0.25) is 0 Å². The number of carbonyl (C=O) groups is 1. The number of aldehydes is 1. The van der Waals surface area contributed by atoms with Gasteiger partial charge in [-0.2, -0.15) is 0 Å². The summed E-state index contributed by atoms with van der Waals surface area (Å²) in [6.45, 7) is 6.96. The molecule has 1 N–H and O–H groups in total. The summed E-state index contributed by atoms with van der Waals surface area (Å²) in [6.07, 6.45) is 4.07. The number of benzene rings is 1. The van der Waals surface area contributed by atoms with Gasteiger partial charge in [-0.05, 0) is 46.8 Å². The van der Waals surface area contributed by atoms with Crippen molar-refractivity contribution in [2.24, 2.45) is 4.99 Å². The van der Waals surface area contributed by atoms with Crippen LogP contribution < -0.4 is 5.32 Å². The summed E-state index contributed by atoms with van der Waals surface area (Å²) >= 11 is 3.34. The fraction of sp³-hybridized carbons (Fsp3) is 0.375. The average molecular weight is 337 g/mol. The number of allylic oxidation sites excluding steroid dienone is 1. The predicted molar refractivity (Wildman–Crippen MR) is 88.5 cm³/mol. The quantitative estimate of drug-likeness (QED) is 0.283. The van der Waals surface area contributed by atoms with E-state index in [1.165, 1.54) is 17.2 Å². The molecule has 0 fully saturated rings. The van der Waals surface area contributed by atoms with Crippen molar-refractivity contribution in [1.82, 2.24) is 5.32 Å². The summed E-state index contributed by atoms with van der Waals surface area (Å²) in [6, 6.07) is 6.33. The number of amidine groups is 1. The van der Waals surface area contributed by atoms with Gasteiger partial charge in [0.1, 0.15) is 12.1 Å². The van der Waals surface area contributed by atoms with Crippen molar-refractivity contribution >= 4 is 28.1 Å². The Kier molecular flexibility index (Phi) is 7.23. The van der Waals surface area contributed by atoms with Gasteiger partial charge in [0.2, 0.25) is 0 Å². The van der Waals surface area contributed by atoms with E-state index in [4.69, 9.17) is 0 Å². The third-order valence-corrected chi connectivity index (χ3v) is 3.47. The molecule has 0 aromatic heterocycles. The smallest absolute Gasteiger partial charge is 0.145 e. The van der Waals surface area contributed by atoms with E-state index in [-0.39, 0.29) is 0 Å². The molecule has 0 saturated carbocycles. The zero-order valence-corrected chi connectivity index (χ0v) is 13.8. The molecule has 4 heteroatoms. The Hall–Kier alpha value is -1.42. The maximum Gasteiger partial charge on any atom is 0.145 e. The summed E-state index contributed by atoms with van der Waals surface area (Å²) < 4.78 is 0.618. The van der Waals surface area contributed by atoms with Crippen molar-refractivity contribution in [1.29, 1.82) is 0 Å². The van der Waals surface area contributed by atoms with Gasteiger partial charge < -0.3 is 5.32 Å². The molecule has 0 aliphatic heterocycles. The van der Waals surface area contributed by atoms with Crippen molar-refractivity contribution in [3.63, 3.8) is 0 Å². The molecule has 0 bridgehead atoms. The molecule has 0 unspecified atom stereocenters. The normalized spacial score (nSPS) is 12.4. The van der Waals surface area contributed by atoms with E-state index in [0.29, 0.717) is 11.2 Å². The molecule has 1 aromatic carbocycles. The number of aliphatic imine (C=N–C) groups is 1. The van der Waals surface area contributed by atoms with Crippen LogP contribution in [0.25, 0.3) is 0 Å². The minimum atomic E-state index is 0.618. The first-order valence-electron chi connectivity index (χ1n) is 6.91. The Morgan fingerprint density at radius 3 is 2.30 bits per heavy atom. The van der Waals surface area contributed by atoms with E-state index < -0.39 is 0 Å². The lowest BCUT2D eigenvalue weighted by molar-refractivity contribution is -0.104. The van der Waals surface area contributed by atoms with Gasteiger partial charge in [0.05, 0.1) is 4.61 Å². The number of nitrogens with zero attached hydrogens (tertiary/aromatic N) is 1. The minimum absolute atomic E-state index is 0.618. The molecule has 0 radical (unpaired) electrons. The first-order chi connectivity index (χ1) is 9.67. The first-order valence-corrected chi connectivity index (χ1v) is 7.70. The molecule has 20 heavy (non-hydrogen) atoms. The highest BCUT2D eigenvalue weighted by molar-refractivity contribution is 9.11. The average Bonchev–Trinajstić information content (AvgIpc) is 2.46. The van der Waals surface area contributed by atoms with Gasteiger partial charge in [0, 0.05) is 18.2 Å². The van der Waals surface area contributed by atoms with Crippen molar-refractivity contribution in [2.75, 3.05) is 6.54 Å². The highest BCUT2D eigenvalue weighted by Crippen LogP contribution is 2.18. The van der Waals surface area contributed by atoms with E-state index in [0.717, 1.165) is 30.5 Å². The third kappa shape index (κ3) is 4.30. The number of halogens is 1. The number of hydrogen-bond donors (Lipinski definition) is 1. The lowest BCUT2D eigenvalue weighted by atomic mass is 9.96. The number of rotatable bonds is 6. The molecule has 0 spiro atoms. The largest absolute Gasteiger partial charge is 0.334 e. The molecule has 0 aliphatic rings. The van der Waals surface area contributed by atoms with Crippen molar-refractivity contribution in [3.05, 3.63) is 45.6 Å². The van der Waals surface area contributed by atoms with Gasteiger partial charge in [-0.1, -0.05) is 32.0 Å². The van der Waals surface area contributed by atoms with Gasteiger partial charge in [0.25, 0.3) is 0 Å². The van der Waals surface area contributed by atoms with Crippen LogP contribution >= 0.6 is 15.9 Å². The number of carbonyl (C=O) groups excluding carboxylic acids is 1. The summed E-state index contributed by atoms with van der Waals surface area (Å²) in [7, 11) is 0. The van der Waals surface area contributed by atoms with Gasteiger partial charge in [-0.25, -0.2) is 0 Å². The van der Waals surface area contributed by atoms with Crippen LogP contribution in [0.4, 0.5) is 0 Å². The summed E-state index contributed by atoms with van der Waals surface area (Å²) in [4.78, 5) is 15.1. The van der Waals surface area contributed by atoms with Gasteiger partial charge in [0.15, 0.2) is 0 Å². The molecule has 1 aromatic rings. The van der Waals surface area contributed by atoms with Crippen LogP contribution in [0.5, 0.6) is 0 Å². The second-order valence-corrected chi connectivity index (χ2v) is 5.11. The Bertz CT molecular complexity index is 499. The second kappa shape index (κ2) is 8.69. The SMILES string of the molecule is CCN=C(N/C(Br)=C/C=O)c1c(CC)cccc1CC. The van der Waals surface area contributed by atoms with E-state index in [1.807, 2.05) is 6.92 Å². The molecular formula is C16H21BrN2O. The number of aryl methyl sites for hydroxylation is 2. The molecule has 3 nitrogen and oxygen atoms in total. The first kappa shape index (κ1) is 16.6. The molecular weight excluding hydrogens is 316 g/mol. The fourth-order valence-corrected chi connectivity index (χ4v) is 2.40. The second-order valence-electron chi connectivity index (χ2n) is 4.26. The predicted octanol–water partition coefficient (Wildman–Crippen LogP) is 3.60. The van der Waals surface area contributed by atoms with Gasteiger partial charge in [-0.3, -0.25) is 9.79 Å². The summed E-state index contributed by atoms with van der Waals surface area (Å²) in [5.74, 6) is 0.812. The fourth-order valence-electron chi connectivity index (χ4n) is 2.10. The van der Waals surface area contributed by atoms with Crippen molar-refractivity contribution < 1.29 is 4.79 Å². The molecule has 0 aliphatic carbocycles. The molecule has 108 valence electrons. The van der Waals surface area contributed by atoms with Crippen LogP contribution in [0.3, 0.4) is 0 Å². The molecule has 0 amide bonds. The van der Waals surface area contributed by atoms with E-state index >= 15 is 0 Å². The Morgan fingerprint density at radius 2 is 1.85 bits per heavy atom.